The Kier molecular flexibility index (Phi) is 10.5. The Morgan fingerprint density at radius 1 is 1.19 bits per heavy atom. The van der Waals surface area contributed by atoms with Crippen molar-refractivity contribution in [2.24, 2.45) is 0 Å². The van der Waals surface area contributed by atoms with Crippen molar-refractivity contribution in [2.75, 3.05) is 26.2 Å². The summed E-state index contributed by atoms with van der Waals surface area (Å²) < 4.78 is 0. The SMILES string of the molecule is CCCC[C@H](c1ccc(C#N)cc1)N1CCNCC1.Cl.Cl. The van der Waals surface area contributed by atoms with Crippen LogP contribution < -0.4 is 5.32 Å². The van der Waals surface area contributed by atoms with Crippen LogP contribution in [-0.2, 0) is 0 Å². The zero-order chi connectivity index (χ0) is 13.5. The van der Waals surface area contributed by atoms with Crippen LogP contribution in [0.3, 0.4) is 0 Å². The molecule has 1 aliphatic heterocycles. The molecule has 1 saturated heterocycles. The van der Waals surface area contributed by atoms with E-state index in [1.165, 1.54) is 24.8 Å². The van der Waals surface area contributed by atoms with Crippen molar-refractivity contribution in [1.82, 2.24) is 10.2 Å². The molecule has 3 nitrogen and oxygen atoms in total. The zero-order valence-corrected chi connectivity index (χ0v) is 14.2. The average molecular weight is 330 g/mol. The number of hydrogen-bond donors (Lipinski definition) is 1. The lowest BCUT2D eigenvalue weighted by Crippen LogP contribution is -2.45. The quantitative estimate of drug-likeness (QED) is 0.897. The second-order valence-electron chi connectivity index (χ2n) is 5.18. The predicted molar refractivity (Wildman–Crippen MR) is 92.4 cm³/mol. The first-order valence-electron chi connectivity index (χ1n) is 7.30. The number of nitriles is 1. The molecule has 1 heterocycles. The van der Waals surface area contributed by atoms with Crippen molar-refractivity contribution in [2.45, 2.75) is 32.2 Å². The van der Waals surface area contributed by atoms with Gasteiger partial charge in [0, 0.05) is 32.2 Å². The van der Waals surface area contributed by atoms with Gasteiger partial charge in [0.05, 0.1) is 11.6 Å². The maximum absolute atomic E-state index is 8.89. The number of benzene rings is 1. The van der Waals surface area contributed by atoms with E-state index in [-0.39, 0.29) is 24.8 Å². The molecule has 0 bridgehead atoms. The van der Waals surface area contributed by atoms with Gasteiger partial charge in [0.25, 0.3) is 0 Å². The molecule has 0 aromatic heterocycles. The van der Waals surface area contributed by atoms with Crippen LogP contribution in [-0.4, -0.2) is 31.1 Å². The van der Waals surface area contributed by atoms with Gasteiger partial charge in [0.2, 0.25) is 0 Å². The van der Waals surface area contributed by atoms with E-state index in [9.17, 15) is 0 Å². The largest absolute Gasteiger partial charge is 0.314 e. The van der Waals surface area contributed by atoms with E-state index in [1.807, 2.05) is 12.1 Å². The molecule has 1 fully saturated rings. The molecule has 1 aromatic carbocycles. The van der Waals surface area contributed by atoms with Gasteiger partial charge in [-0.2, -0.15) is 5.26 Å². The molecule has 5 heteroatoms. The minimum Gasteiger partial charge on any atom is -0.314 e. The molecular weight excluding hydrogens is 305 g/mol. The highest BCUT2D eigenvalue weighted by atomic mass is 35.5. The normalized spacial score (nSPS) is 16.2. The third-order valence-electron chi connectivity index (χ3n) is 3.85. The van der Waals surface area contributed by atoms with Crippen molar-refractivity contribution >= 4 is 24.8 Å². The Hall–Kier alpha value is -0.790. The molecule has 0 spiro atoms. The van der Waals surface area contributed by atoms with Crippen LogP contribution in [0.25, 0.3) is 0 Å². The molecular formula is C16H25Cl2N3. The fraction of sp³-hybridized carbons (Fsp3) is 0.562. The molecule has 118 valence electrons. The Labute approximate surface area is 140 Å². The third kappa shape index (κ3) is 5.84. The van der Waals surface area contributed by atoms with Crippen LogP contribution in [0.2, 0.25) is 0 Å². The van der Waals surface area contributed by atoms with Crippen LogP contribution in [0.4, 0.5) is 0 Å². The number of rotatable bonds is 5. The summed E-state index contributed by atoms with van der Waals surface area (Å²) in [6, 6.07) is 10.8. The van der Waals surface area contributed by atoms with Gasteiger partial charge < -0.3 is 5.32 Å². The van der Waals surface area contributed by atoms with Gasteiger partial charge in [-0.15, -0.1) is 24.8 Å². The second-order valence-corrected chi connectivity index (χ2v) is 5.18. The maximum Gasteiger partial charge on any atom is 0.0991 e. The number of nitrogens with zero attached hydrogens (tertiary/aromatic N) is 2. The van der Waals surface area contributed by atoms with Crippen molar-refractivity contribution in [1.29, 1.82) is 5.26 Å². The summed E-state index contributed by atoms with van der Waals surface area (Å²) in [5.41, 5.74) is 2.10. The van der Waals surface area contributed by atoms with Crippen LogP contribution in [0.15, 0.2) is 24.3 Å². The lowest BCUT2D eigenvalue weighted by molar-refractivity contribution is 0.163. The first-order valence-corrected chi connectivity index (χ1v) is 7.30. The van der Waals surface area contributed by atoms with Gasteiger partial charge in [-0.3, -0.25) is 4.90 Å². The molecule has 21 heavy (non-hydrogen) atoms. The highest BCUT2D eigenvalue weighted by Crippen LogP contribution is 2.26. The van der Waals surface area contributed by atoms with Gasteiger partial charge in [0.1, 0.15) is 0 Å². The van der Waals surface area contributed by atoms with E-state index in [4.69, 9.17) is 5.26 Å². The van der Waals surface area contributed by atoms with Crippen LogP contribution in [0, 0.1) is 11.3 Å². The molecule has 0 aliphatic carbocycles. The van der Waals surface area contributed by atoms with E-state index in [1.54, 1.807) is 0 Å². The van der Waals surface area contributed by atoms with Crippen molar-refractivity contribution in [3.8, 4) is 6.07 Å². The Balaban J connectivity index is 0.00000200. The number of nitrogens with one attached hydrogen (secondary N) is 1. The Morgan fingerprint density at radius 3 is 2.33 bits per heavy atom. The predicted octanol–water partition coefficient (Wildman–Crippen LogP) is 3.54. The van der Waals surface area contributed by atoms with Crippen molar-refractivity contribution < 1.29 is 0 Å². The number of hydrogen-bond acceptors (Lipinski definition) is 3. The lowest BCUT2D eigenvalue weighted by atomic mass is 9.98. The lowest BCUT2D eigenvalue weighted by Gasteiger charge is -2.35. The minimum absolute atomic E-state index is 0. The summed E-state index contributed by atoms with van der Waals surface area (Å²) in [4.78, 5) is 2.58. The third-order valence-corrected chi connectivity index (χ3v) is 3.85. The maximum atomic E-state index is 8.89. The molecule has 0 radical (unpaired) electrons. The molecule has 1 aromatic rings. The molecule has 1 atom stereocenters. The molecule has 0 saturated carbocycles. The summed E-state index contributed by atoms with van der Waals surface area (Å²) in [7, 11) is 0. The standard InChI is InChI=1S/C16H23N3.2ClH/c1-2-3-4-16(19-11-9-18-10-12-19)15-7-5-14(13-17)6-8-15;;/h5-8,16,18H,2-4,9-12H2,1H3;2*1H/t16-;;/m1../s1. The monoisotopic (exact) mass is 329 g/mol. The van der Waals surface area contributed by atoms with Crippen LogP contribution >= 0.6 is 24.8 Å². The van der Waals surface area contributed by atoms with Crippen LogP contribution in [0.5, 0.6) is 0 Å². The van der Waals surface area contributed by atoms with Gasteiger partial charge in [-0.25, -0.2) is 0 Å². The number of piperazine rings is 1. The van der Waals surface area contributed by atoms with Crippen molar-refractivity contribution in [3.05, 3.63) is 35.4 Å². The fourth-order valence-corrected chi connectivity index (χ4v) is 2.73. The van der Waals surface area contributed by atoms with E-state index in [2.05, 4.69) is 35.3 Å². The summed E-state index contributed by atoms with van der Waals surface area (Å²) in [5, 5.41) is 12.3. The topological polar surface area (TPSA) is 39.1 Å². The Bertz CT molecular complexity index is 422. The van der Waals surface area contributed by atoms with E-state index in [0.717, 1.165) is 31.7 Å². The number of halogens is 2. The summed E-state index contributed by atoms with van der Waals surface area (Å²) in [6.07, 6.45) is 3.70. The zero-order valence-electron chi connectivity index (χ0n) is 12.5. The van der Waals surface area contributed by atoms with E-state index in [0.29, 0.717) is 6.04 Å². The minimum atomic E-state index is 0. The summed E-state index contributed by atoms with van der Waals surface area (Å²) in [6.45, 7) is 6.65. The second kappa shape index (κ2) is 10.9. The number of unbranched alkanes of at least 4 members (excludes halogenated alkanes) is 1. The van der Waals surface area contributed by atoms with E-state index < -0.39 is 0 Å². The van der Waals surface area contributed by atoms with Gasteiger partial charge in [0.15, 0.2) is 0 Å². The highest BCUT2D eigenvalue weighted by Gasteiger charge is 2.21. The first kappa shape index (κ1) is 20.2. The smallest absolute Gasteiger partial charge is 0.0991 e. The van der Waals surface area contributed by atoms with E-state index >= 15 is 0 Å². The first-order chi connectivity index (χ1) is 9.35. The fourth-order valence-electron chi connectivity index (χ4n) is 2.73. The Morgan fingerprint density at radius 2 is 1.81 bits per heavy atom. The molecule has 0 unspecified atom stereocenters. The molecule has 1 N–H and O–H groups in total. The van der Waals surface area contributed by atoms with Crippen molar-refractivity contribution in [3.63, 3.8) is 0 Å². The van der Waals surface area contributed by atoms with Gasteiger partial charge in [-0.05, 0) is 24.1 Å². The van der Waals surface area contributed by atoms with Gasteiger partial charge >= 0.3 is 0 Å². The highest BCUT2D eigenvalue weighted by molar-refractivity contribution is 5.85. The average Bonchev–Trinajstić information content (AvgIpc) is 2.49. The molecule has 2 rings (SSSR count). The summed E-state index contributed by atoms with van der Waals surface area (Å²) >= 11 is 0. The van der Waals surface area contributed by atoms with Crippen LogP contribution in [0.1, 0.15) is 43.4 Å². The molecule has 0 amide bonds. The molecule has 1 aliphatic rings. The summed E-state index contributed by atoms with van der Waals surface area (Å²) in [5.74, 6) is 0. The van der Waals surface area contributed by atoms with Gasteiger partial charge in [-0.1, -0.05) is 31.9 Å².